The Morgan fingerprint density at radius 2 is 1.69 bits per heavy atom. The molecule has 14 heteroatoms. The zero-order valence-electron chi connectivity index (χ0n) is 25.9. The number of carbonyl (C=O) groups is 5. The largest absolute Gasteiger partial charge is 0.370 e. The second kappa shape index (κ2) is 15.2. The second-order valence-corrected chi connectivity index (χ2v) is 14.7. The van der Waals surface area contributed by atoms with Gasteiger partial charge in [0.05, 0.1) is 4.90 Å². The summed E-state index contributed by atoms with van der Waals surface area (Å²) >= 11 is 0. The van der Waals surface area contributed by atoms with E-state index in [1.807, 2.05) is 0 Å². The zero-order chi connectivity index (χ0) is 32.7. The van der Waals surface area contributed by atoms with Gasteiger partial charge in [-0.25, -0.2) is 8.42 Å². The van der Waals surface area contributed by atoms with Crippen molar-refractivity contribution in [3.05, 3.63) is 29.8 Å². The highest BCUT2D eigenvalue weighted by Gasteiger charge is 2.45. The van der Waals surface area contributed by atoms with Gasteiger partial charge in [0.25, 0.3) is 0 Å². The summed E-state index contributed by atoms with van der Waals surface area (Å²) in [6.07, 6.45) is 8.45. The molecule has 2 aliphatic heterocycles. The van der Waals surface area contributed by atoms with Gasteiger partial charge in [0, 0.05) is 44.8 Å². The number of nitrogens with one attached hydrogen (secondary N) is 2. The molecule has 4 atom stereocenters. The third-order valence-corrected chi connectivity index (χ3v) is 10.3. The number of nitrogens with two attached hydrogens (primary N) is 2. The standard InChI is InChI=1S/C31H46N6O7S/c1-45(43,44)23-10-7-21(8-11-23)18-34-29(40)25(12-14-27(33)38)35-30(41)26-13-9-22-15-16-36(19-24(32)31(42)37(22)26)28(39)17-20-5-3-2-4-6-20/h7-8,10-11,20,22,24-26H,2-6,9,12-19,32H2,1H3,(H2,33,38)(H,34,40)(H,35,41)/t22-,24+,25+,26+/m1/s1. The molecule has 3 aliphatic rings. The van der Waals surface area contributed by atoms with E-state index in [4.69, 9.17) is 11.5 Å². The number of rotatable bonds is 11. The molecule has 0 bridgehead atoms. The molecule has 13 nitrogen and oxygen atoms in total. The van der Waals surface area contributed by atoms with Crippen LogP contribution in [0.4, 0.5) is 0 Å². The minimum atomic E-state index is -3.37. The maximum atomic E-state index is 13.5. The highest BCUT2D eigenvalue weighted by molar-refractivity contribution is 7.90. The lowest BCUT2D eigenvalue weighted by atomic mass is 9.86. The van der Waals surface area contributed by atoms with Crippen molar-refractivity contribution in [1.82, 2.24) is 20.4 Å². The van der Waals surface area contributed by atoms with Crippen molar-refractivity contribution in [3.8, 4) is 0 Å². The summed E-state index contributed by atoms with van der Waals surface area (Å²) in [5.41, 5.74) is 12.3. The molecule has 0 radical (unpaired) electrons. The summed E-state index contributed by atoms with van der Waals surface area (Å²) in [5, 5.41) is 5.44. The van der Waals surface area contributed by atoms with Gasteiger partial charge in [0.15, 0.2) is 9.84 Å². The third kappa shape index (κ3) is 9.25. The maximum Gasteiger partial charge on any atom is 0.243 e. The van der Waals surface area contributed by atoms with Crippen LogP contribution in [0.1, 0.15) is 76.2 Å². The van der Waals surface area contributed by atoms with Gasteiger partial charge >= 0.3 is 0 Å². The minimum Gasteiger partial charge on any atom is -0.370 e. The Hall–Kier alpha value is -3.52. The molecule has 1 aliphatic carbocycles. The predicted octanol–water partition coefficient (Wildman–Crippen LogP) is 0.346. The Bertz CT molecular complexity index is 1360. The van der Waals surface area contributed by atoms with Crippen molar-refractivity contribution < 1.29 is 32.4 Å². The van der Waals surface area contributed by atoms with E-state index in [0.717, 1.165) is 31.9 Å². The molecule has 3 fully saturated rings. The first-order valence-electron chi connectivity index (χ1n) is 15.8. The van der Waals surface area contributed by atoms with E-state index in [-0.39, 0.29) is 42.8 Å². The first kappa shape index (κ1) is 34.4. The van der Waals surface area contributed by atoms with Crippen LogP contribution in [-0.4, -0.2) is 91.3 Å². The van der Waals surface area contributed by atoms with Gasteiger partial charge in [-0.05, 0) is 62.1 Å². The van der Waals surface area contributed by atoms with E-state index in [9.17, 15) is 32.4 Å². The highest BCUT2D eigenvalue weighted by Crippen LogP contribution is 2.31. The Labute approximate surface area is 264 Å². The van der Waals surface area contributed by atoms with Crippen LogP contribution in [0.15, 0.2) is 29.2 Å². The van der Waals surface area contributed by atoms with E-state index in [1.54, 1.807) is 17.0 Å². The van der Waals surface area contributed by atoms with Gasteiger partial charge in [0.2, 0.25) is 29.5 Å². The van der Waals surface area contributed by atoms with Gasteiger partial charge in [-0.2, -0.15) is 0 Å². The molecule has 0 spiro atoms. The normalized spacial score (nSPS) is 23.4. The molecule has 1 aromatic rings. The molecule has 5 amide bonds. The Morgan fingerprint density at radius 1 is 1.00 bits per heavy atom. The van der Waals surface area contributed by atoms with Crippen molar-refractivity contribution in [1.29, 1.82) is 0 Å². The van der Waals surface area contributed by atoms with Crippen molar-refractivity contribution in [2.24, 2.45) is 17.4 Å². The number of primary amides is 1. The zero-order valence-corrected chi connectivity index (χ0v) is 26.7. The highest BCUT2D eigenvalue weighted by atomic mass is 32.2. The van der Waals surface area contributed by atoms with Crippen LogP contribution in [0.25, 0.3) is 0 Å². The van der Waals surface area contributed by atoms with E-state index in [2.05, 4.69) is 10.6 Å². The van der Waals surface area contributed by atoms with Crippen LogP contribution in [0, 0.1) is 5.92 Å². The fourth-order valence-electron chi connectivity index (χ4n) is 6.64. The van der Waals surface area contributed by atoms with Gasteiger partial charge in [-0.1, -0.05) is 31.4 Å². The average Bonchev–Trinajstić information content (AvgIpc) is 3.42. The average molecular weight is 647 g/mol. The van der Waals surface area contributed by atoms with Crippen LogP contribution >= 0.6 is 0 Å². The SMILES string of the molecule is CS(=O)(=O)c1ccc(CNC(=O)[C@H](CCC(N)=O)NC(=O)[C@@H]2CC[C@@H]3CCN(C(=O)CC4CCCCC4)C[C@H](N)C(=O)N32)cc1. The smallest absolute Gasteiger partial charge is 0.243 e. The van der Waals surface area contributed by atoms with Crippen molar-refractivity contribution in [2.45, 2.75) is 106 Å². The van der Waals surface area contributed by atoms with Gasteiger partial charge in [-0.3, -0.25) is 24.0 Å². The summed E-state index contributed by atoms with van der Waals surface area (Å²) in [6.45, 7) is 0.611. The lowest BCUT2D eigenvalue weighted by molar-refractivity contribution is -0.145. The molecule has 45 heavy (non-hydrogen) atoms. The van der Waals surface area contributed by atoms with Gasteiger partial charge in [0.1, 0.15) is 18.1 Å². The number of amides is 5. The molecular formula is C31H46N6O7S. The number of carbonyl (C=O) groups excluding carboxylic acids is 5. The summed E-state index contributed by atoms with van der Waals surface area (Å²) < 4.78 is 23.4. The predicted molar refractivity (Wildman–Crippen MR) is 166 cm³/mol. The van der Waals surface area contributed by atoms with Crippen molar-refractivity contribution >= 4 is 39.4 Å². The monoisotopic (exact) mass is 646 g/mol. The van der Waals surface area contributed by atoms with Crippen LogP contribution in [-0.2, 0) is 40.4 Å². The number of fused-ring (bicyclic) bond motifs is 1. The number of benzene rings is 1. The fourth-order valence-corrected chi connectivity index (χ4v) is 7.27. The molecular weight excluding hydrogens is 600 g/mol. The molecule has 2 saturated heterocycles. The molecule has 1 aromatic carbocycles. The van der Waals surface area contributed by atoms with Gasteiger partial charge in [-0.15, -0.1) is 0 Å². The summed E-state index contributed by atoms with van der Waals surface area (Å²) in [5.74, 6) is -1.70. The molecule has 248 valence electrons. The van der Waals surface area contributed by atoms with E-state index in [1.165, 1.54) is 23.5 Å². The molecule has 2 heterocycles. The molecule has 0 unspecified atom stereocenters. The Balaban J connectivity index is 1.38. The summed E-state index contributed by atoms with van der Waals surface area (Å²) in [4.78, 5) is 68.2. The Morgan fingerprint density at radius 3 is 2.33 bits per heavy atom. The summed E-state index contributed by atoms with van der Waals surface area (Å²) in [7, 11) is -3.37. The van der Waals surface area contributed by atoms with Gasteiger partial charge < -0.3 is 31.9 Å². The van der Waals surface area contributed by atoms with Crippen LogP contribution < -0.4 is 22.1 Å². The topological polar surface area (TPSA) is 202 Å². The number of sulfone groups is 1. The van der Waals surface area contributed by atoms with E-state index in [0.29, 0.717) is 43.7 Å². The maximum absolute atomic E-state index is 13.5. The van der Waals surface area contributed by atoms with Crippen LogP contribution in [0.5, 0.6) is 0 Å². The molecule has 4 rings (SSSR count). The third-order valence-electron chi connectivity index (χ3n) is 9.20. The summed E-state index contributed by atoms with van der Waals surface area (Å²) in [6, 6.07) is 2.86. The van der Waals surface area contributed by atoms with E-state index < -0.39 is 51.6 Å². The van der Waals surface area contributed by atoms with Crippen LogP contribution in [0.3, 0.4) is 0 Å². The quantitative estimate of drug-likeness (QED) is 0.264. The van der Waals surface area contributed by atoms with Crippen LogP contribution in [0.2, 0.25) is 0 Å². The molecule has 6 N–H and O–H groups in total. The molecule has 0 aromatic heterocycles. The van der Waals surface area contributed by atoms with E-state index >= 15 is 0 Å². The lowest BCUT2D eigenvalue weighted by Crippen LogP contribution is -2.60. The lowest BCUT2D eigenvalue weighted by Gasteiger charge is -2.38. The fraction of sp³-hybridized carbons (Fsp3) is 0.645. The number of hydrogen-bond donors (Lipinski definition) is 4. The number of nitrogens with zero attached hydrogens (tertiary/aromatic N) is 2. The minimum absolute atomic E-state index is 0.0283. The first-order valence-corrected chi connectivity index (χ1v) is 17.7. The second-order valence-electron chi connectivity index (χ2n) is 12.6. The van der Waals surface area contributed by atoms with Crippen molar-refractivity contribution in [2.75, 3.05) is 19.3 Å². The molecule has 1 saturated carbocycles. The Kier molecular flexibility index (Phi) is 11.6. The number of hydrogen-bond acceptors (Lipinski definition) is 8. The van der Waals surface area contributed by atoms with Crippen molar-refractivity contribution in [3.63, 3.8) is 0 Å². The first-order chi connectivity index (χ1) is 21.3.